The van der Waals surface area contributed by atoms with Gasteiger partial charge in [0, 0.05) is 13.2 Å². The van der Waals surface area contributed by atoms with Crippen molar-refractivity contribution in [2.75, 3.05) is 19.8 Å². The van der Waals surface area contributed by atoms with Gasteiger partial charge in [-0.15, -0.1) is 0 Å². The lowest BCUT2D eigenvalue weighted by Crippen LogP contribution is -2.21. The number of ether oxygens (including phenoxy) is 1. The van der Waals surface area contributed by atoms with Gasteiger partial charge in [-0.25, -0.2) is 0 Å². The standard InChI is InChI=1S/C16H27NO2/c1-3-4-11-19-16-7-5-15(6-8-16)13-17-12-14(2)9-10-18/h5-8,14,17-18H,3-4,9-13H2,1-2H3. The summed E-state index contributed by atoms with van der Waals surface area (Å²) >= 11 is 0. The van der Waals surface area contributed by atoms with E-state index in [1.54, 1.807) is 0 Å². The summed E-state index contributed by atoms with van der Waals surface area (Å²) < 4.78 is 5.63. The van der Waals surface area contributed by atoms with E-state index in [0.717, 1.165) is 44.7 Å². The second kappa shape index (κ2) is 9.82. The third-order valence-corrected chi connectivity index (χ3v) is 3.13. The zero-order chi connectivity index (χ0) is 13.9. The molecular weight excluding hydrogens is 238 g/mol. The summed E-state index contributed by atoms with van der Waals surface area (Å²) in [4.78, 5) is 0. The van der Waals surface area contributed by atoms with Crippen molar-refractivity contribution in [2.24, 2.45) is 5.92 Å². The lowest BCUT2D eigenvalue weighted by atomic mass is 10.1. The van der Waals surface area contributed by atoms with Gasteiger partial charge in [-0.2, -0.15) is 0 Å². The first-order valence-corrected chi connectivity index (χ1v) is 7.29. The molecule has 0 aromatic heterocycles. The first-order chi connectivity index (χ1) is 9.26. The van der Waals surface area contributed by atoms with Crippen LogP contribution >= 0.6 is 0 Å². The van der Waals surface area contributed by atoms with Gasteiger partial charge >= 0.3 is 0 Å². The number of aliphatic hydroxyl groups is 1. The van der Waals surface area contributed by atoms with Crippen molar-refractivity contribution in [1.82, 2.24) is 5.32 Å². The number of unbranched alkanes of at least 4 members (excludes halogenated alkanes) is 1. The van der Waals surface area contributed by atoms with Crippen LogP contribution in [0.3, 0.4) is 0 Å². The highest BCUT2D eigenvalue weighted by atomic mass is 16.5. The van der Waals surface area contributed by atoms with Crippen LogP contribution in [-0.4, -0.2) is 24.9 Å². The van der Waals surface area contributed by atoms with Crippen LogP contribution in [0.15, 0.2) is 24.3 Å². The largest absolute Gasteiger partial charge is 0.494 e. The molecule has 1 atom stereocenters. The fraction of sp³-hybridized carbons (Fsp3) is 0.625. The van der Waals surface area contributed by atoms with Gasteiger partial charge in [-0.3, -0.25) is 0 Å². The molecule has 0 aliphatic rings. The molecule has 0 heterocycles. The molecule has 1 unspecified atom stereocenters. The minimum absolute atomic E-state index is 0.270. The van der Waals surface area contributed by atoms with Crippen LogP contribution in [0.5, 0.6) is 5.75 Å². The molecule has 0 fully saturated rings. The molecule has 0 amide bonds. The molecule has 0 saturated carbocycles. The summed E-state index contributed by atoms with van der Waals surface area (Å²) in [7, 11) is 0. The minimum atomic E-state index is 0.270. The van der Waals surface area contributed by atoms with E-state index in [1.165, 1.54) is 5.56 Å². The molecule has 1 aromatic rings. The number of benzene rings is 1. The monoisotopic (exact) mass is 265 g/mol. The summed E-state index contributed by atoms with van der Waals surface area (Å²) in [6.45, 7) is 7.18. The average Bonchev–Trinajstić information content (AvgIpc) is 2.41. The van der Waals surface area contributed by atoms with E-state index >= 15 is 0 Å². The van der Waals surface area contributed by atoms with Crippen LogP contribution in [0.25, 0.3) is 0 Å². The molecule has 0 aliphatic carbocycles. The van der Waals surface area contributed by atoms with Gasteiger partial charge in [0.1, 0.15) is 5.75 Å². The molecule has 0 radical (unpaired) electrons. The Hall–Kier alpha value is -1.06. The van der Waals surface area contributed by atoms with E-state index in [4.69, 9.17) is 9.84 Å². The molecule has 2 N–H and O–H groups in total. The van der Waals surface area contributed by atoms with Gasteiger partial charge in [-0.1, -0.05) is 32.4 Å². The van der Waals surface area contributed by atoms with Gasteiger partial charge in [-0.05, 0) is 43.0 Å². The summed E-state index contributed by atoms with van der Waals surface area (Å²) in [5, 5.41) is 12.2. The van der Waals surface area contributed by atoms with Crippen LogP contribution in [0.2, 0.25) is 0 Å². The van der Waals surface area contributed by atoms with Crippen LogP contribution in [0.4, 0.5) is 0 Å². The molecule has 0 bridgehead atoms. The summed E-state index contributed by atoms with van der Waals surface area (Å²) in [5.74, 6) is 1.47. The van der Waals surface area contributed by atoms with E-state index in [0.29, 0.717) is 5.92 Å². The van der Waals surface area contributed by atoms with Gasteiger partial charge in [0.15, 0.2) is 0 Å². The maximum absolute atomic E-state index is 8.83. The van der Waals surface area contributed by atoms with Crippen LogP contribution in [0, 0.1) is 5.92 Å². The Bertz CT molecular complexity index is 324. The van der Waals surface area contributed by atoms with Crippen molar-refractivity contribution < 1.29 is 9.84 Å². The molecule has 3 heteroatoms. The fourth-order valence-electron chi connectivity index (χ4n) is 1.82. The Balaban J connectivity index is 2.24. The number of aliphatic hydroxyl groups excluding tert-OH is 1. The maximum atomic E-state index is 8.83. The Morgan fingerprint density at radius 2 is 2.00 bits per heavy atom. The Morgan fingerprint density at radius 1 is 1.26 bits per heavy atom. The van der Waals surface area contributed by atoms with Crippen molar-refractivity contribution in [1.29, 1.82) is 0 Å². The van der Waals surface area contributed by atoms with Gasteiger partial charge in [0.25, 0.3) is 0 Å². The number of hydrogen-bond donors (Lipinski definition) is 2. The van der Waals surface area contributed by atoms with E-state index in [1.807, 2.05) is 12.1 Å². The molecule has 1 rings (SSSR count). The van der Waals surface area contributed by atoms with Crippen molar-refractivity contribution in [2.45, 2.75) is 39.7 Å². The highest BCUT2D eigenvalue weighted by molar-refractivity contribution is 5.27. The van der Waals surface area contributed by atoms with E-state index in [9.17, 15) is 0 Å². The average molecular weight is 265 g/mol. The third kappa shape index (κ3) is 7.19. The number of nitrogens with one attached hydrogen (secondary N) is 1. The fourth-order valence-corrected chi connectivity index (χ4v) is 1.82. The normalized spacial score (nSPS) is 12.4. The van der Waals surface area contributed by atoms with Gasteiger partial charge in [0.2, 0.25) is 0 Å². The summed E-state index contributed by atoms with van der Waals surface area (Å²) in [6.07, 6.45) is 3.12. The van der Waals surface area contributed by atoms with Crippen LogP contribution < -0.4 is 10.1 Å². The molecular formula is C16H27NO2. The minimum Gasteiger partial charge on any atom is -0.494 e. The van der Waals surface area contributed by atoms with Crippen molar-refractivity contribution >= 4 is 0 Å². The molecule has 0 saturated heterocycles. The second-order valence-corrected chi connectivity index (χ2v) is 5.09. The highest BCUT2D eigenvalue weighted by Crippen LogP contribution is 2.12. The van der Waals surface area contributed by atoms with E-state index in [2.05, 4.69) is 31.3 Å². The SMILES string of the molecule is CCCCOc1ccc(CNCC(C)CCO)cc1. The first kappa shape index (κ1) is 16.0. The smallest absolute Gasteiger partial charge is 0.119 e. The first-order valence-electron chi connectivity index (χ1n) is 7.29. The Labute approximate surface area is 117 Å². The van der Waals surface area contributed by atoms with Crippen molar-refractivity contribution in [3.05, 3.63) is 29.8 Å². The van der Waals surface area contributed by atoms with E-state index in [-0.39, 0.29) is 6.61 Å². The second-order valence-electron chi connectivity index (χ2n) is 5.09. The van der Waals surface area contributed by atoms with Gasteiger partial charge < -0.3 is 15.2 Å². The molecule has 19 heavy (non-hydrogen) atoms. The molecule has 0 spiro atoms. The third-order valence-electron chi connectivity index (χ3n) is 3.13. The summed E-state index contributed by atoms with van der Waals surface area (Å²) in [6, 6.07) is 8.27. The molecule has 0 aliphatic heterocycles. The molecule has 1 aromatic carbocycles. The Morgan fingerprint density at radius 3 is 2.63 bits per heavy atom. The topological polar surface area (TPSA) is 41.5 Å². The Kier molecular flexibility index (Phi) is 8.26. The van der Waals surface area contributed by atoms with E-state index < -0.39 is 0 Å². The lowest BCUT2D eigenvalue weighted by Gasteiger charge is -2.11. The van der Waals surface area contributed by atoms with Gasteiger partial charge in [0.05, 0.1) is 6.61 Å². The quantitative estimate of drug-likeness (QED) is 0.639. The maximum Gasteiger partial charge on any atom is 0.119 e. The van der Waals surface area contributed by atoms with Crippen LogP contribution in [0.1, 0.15) is 38.7 Å². The predicted molar refractivity (Wildman–Crippen MR) is 79.4 cm³/mol. The number of hydrogen-bond acceptors (Lipinski definition) is 3. The molecule has 108 valence electrons. The van der Waals surface area contributed by atoms with Crippen LogP contribution in [-0.2, 0) is 6.54 Å². The highest BCUT2D eigenvalue weighted by Gasteiger charge is 2.01. The van der Waals surface area contributed by atoms with Crippen molar-refractivity contribution in [3.63, 3.8) is 0 Å². The predicted octanol–water partition coefficient (Wildman–Crippen LogP) is 2.97. The summed E-state index contributed by atoms with van der Waals surface area (Å²) in [5.41, 5.74) is 1.26. The van der Waals surface area contributed by atoms with Crippen molar-refractivity contribution in [3.8, 4) is 5.75 Å². The lowest BCUT2D eigenvalue weighted by molar-refractivity contribution is 0.260. The number of rotatable bonds is 10. The molecule has 3 nitrogen and oxygen atoms in total. The zero-order valence-corrected chi connectivity index (χ0v) is 12.2. The zero-order valence-electron chi connectivity index (χ0n) is 12.2.